The third kappa shape index (κ3) is 4.31. The highest BCUT2D eigenvalue weighted by Gasteiger charge is 2.23. The molecule has 0 saturated carbocycles. The van der Waals surface area contributed by atoms with Gasteiger partial charge in [0.15, 0.2) is 0 Å². The summed E-state index contributed by atoms with van der Waals surface area (Å²) in [5, 5.41) is 19.2. The SMILES string of the molecule is [CH2]C#CC(O)C(CCC)C(O)CC. The minimum Gasteiger partial charge on any atom is -0.393 e. The topological polar surface area (TPSA) is 40.5 Å². The quantitative estimate of drug-likeness (QED) is 0.632. The molecule has 0 heterocycles. The van der Waals surface area contributed by atoms with Gasteiger partial charge in [-0.1, -0.05) is 32.1 Å². The molecule has 0 aromatic heterocycles. The fourth-order valence-electron chi connectivity index (χ4n) is 1.41. The van der Waals surface area contributed by atoms with E-state index in [9.17, 15) is 10.2 Å². The summed E-state index contributed by atoms with van der Waals surface area (Å²) >= 11 is 0. The summed E-state index contributed by atoms with van der Waals surface area (Å²) in [6, 6.07) is 0. The van der Waals surface area contributed by atoms with Crippen molar-refractivity contribution in [2.75, 3.05) is 0 Å². The van der Waals surface area contributed by atoms with Gasteiger partial charge in [-0.25, -0.2) is 0 Å². The maximum atomic E-state index is 9.60. The zero-order chi connectivity index (χ0) is 10.3. The van der Waals surface area contributed by atoms with Crippen LogP contribution in [-0.2, 0) is 0 Å². The lowest BCUT2D eigenvalue weighted by Crippen LogP contribution is -2.30. The molecule has 0 aliphatic carbocycles. The number of rotatable bonds is 5. The highest BCUT2D eigenvalue weighted by atomic mass is 16.3. The minimum absolute atomic E-state index is 0.135. The fraction of sp³-hybridized carbons (Fsp3) is 0.727. The normalized spacial score (nSPS) is 17.0. The second-order valence-corrected chi connectivity index (χ2v) is 3.19. The van der Waals surface area contributed by atoms with E-state index in [-0.39, 0.29) is 5.92 Å². The van der Waals surface area contributed by atoms with Gasteiger partial charge in [-0.2, -0.15) is 0 Å². The van der Waals surface area contributed by atoms with Crippen LogP contribution >= 0.6 is 0 Å². The average molecular weight is 183 g/mol. The van der Waals surface area contributed by atoms with Crippen LogP contribution in [0.4, 0.5) is 0 Å². The maximum absolute atomic E-state index is 9.60. The van der Waals surface area contributed by atoms with Crippen molar-refractivity contribution in [1.82, 2.24) is 0 Å². The smallest absolute Gasteiger partial charge is 0.120 e. The van der Waals surface area contributed by atoms with E-state index in [1.807, 2.05) is 13.8 Å². The van der Waals surface area contributed by atoms with Crippen LogP contribution in [0.5, 0.6) is 0 Å². The molecule has 0 amide bonds. The number of hydrogen-bond donors (Lipinski definition) is 2. The van der Waals surface area contributed by atoms with Gasteiger partial charge in [-0.15, -0.1) is 0 Å². The Morgan fingerprint density at radius 3 is 2.31 bits per heavy atom. The Labute approximate surface area is 81.0 Å². The van der Waals surface area contributed by atoms with E-state index < -0.39 is 12.2 Å². The van der Waals surface area contributed by atoms with Crippen molar-refractivity contribution in [3.05, 3.63) is 6.92 Å². The Morgan fingerprint density at radius 2 is 1.92 bits per heavy atom. The van der Waals surface area contributed by atoms with Gasteiger partial charge in [0.2, 0.25) is 0 Å². The lowest BCUT2D eigenvalue weighted by molar-refractivity contribution is 0.0321. The molecule has 0 aromatic carbocycles. The number of aliphatic hydroxyl groups is 2. The molecule has 3 unspecified atom stereocenters. The Morgan fingerprint density at radius 1 is 1.31 bits per heavy atom. The predicted octanol–water partition coefficient (Wildman–Crippen LogP) is 1.37. The van der Waals surface area contributed by atoms with E-state index in [2.05, 4.69) is 18.8 Å². The zero-order valence-electron chi connectivity index (χ0n) is 8.45. The van der Waals surface area contributed by atoms with Gasteiger partial charge in [0.25, 0.3) is 0 Å². The van der Waals surface area contributed by atoms with E-state index in [1.54, 1.807) is 0 Å². The number of hydrogen-bond acceptors (Lipinski definition) is 2. The van der Waals surface area contributed by atoms with Crippen molar-refractivity contribution < 1.29 is 10.2 Å². The third-order valence-corrected chi connectivity index (χ3v) is 2.19. The molecule has 0 rings (SSSR count). The first-order valence-electron chi connectivity index (χ1n) is 4.81. The molecule has 3 atom stereocenters. The van der Waals surface area contributed by atoms with Crippen molar-refractivity contribution in [3.63, 3.8) is 0 Å². The highest BCUT2D eigenvalue weighted by Crippen LogP contribution is 2.18. The van der Waals surface area contributed by atoms with Gasteiger partial charge in [0.05, 0.1) is 6.10 Å². The zero-order valence-corrected chi connectivity index (χ0v) is 8.45. The van der Waals surface area contributed by atoms with Crippen LogP contribution in [0.15, 0.2) is 0 Å². The highest BCUT2D eigenvalue weighted by molar-refractivity contribution is 5.08. The molecule has 75 valence electrons. The first-order valence-corrected chi connectivity index (χ1v) is 4.81. The standard InChI is InChI=1S/C11H19O2/c1-4-7-9(10(12)6-3)11(13)8-5-2/h9-13H,2,4,6-7H2,1,3H3. The summed E-state index contributed by atoms with van der Waals surface area (Å²) in [6.07, 6.45) is 1.19. The number of aliphatic hydroxyl groups excluding tert-OH is 2. The lowest BCUT2D eigenvalue weighted by atomic mass is 9.90. The molecule has 2 heteroatoms. The van der Waals surface area contributed by atoms with Crippen molar-refractivity contribution in [2.45, 2.75) is 45.3 Å². The first kappa shape index (κ1) is 12.5. The molecule has 2 nitrogen and oxygen atoms in total. The molecular formula is C11H19O2. The van der Waals surface area contributed by atoms with Gasteiger partial charge in [-0.05, 0) is 12.8 Å². The van der Waals surface area contributed by atoms with Crippen molar-refractivity contribution in [1.29, 1.82) is 0 Å². The summed E-state index contributed by atoms with van der Waals surface area (Å²) in [5.41, 5.74) is 0. The van der Waals surface area contributed by atoms with Crippen LogP contribution in [-0.4, -0.2) is 22.4 Å². The molecule has 0 aliphatic heterocycles. The lowest BCUT2D eigenvalue weighted by Gasteiger charge is -2.23. The Kier molecular flexibility index (Phi) is 6.66. The second-order valence-electron chi connectivity index (χ2n) is 3.19. The van der Waals surface area contributed by atoms with Crippen molar-refractivity contribution in [2.24, 2.45) is 5.92 Å². The molecule has 0 spiro atoms. The van der Waals surface area contributed by atoms with Gasteiger partial charge in [-0.3, -0.25) is 0 Å². The van der Waals surface area contributed by atoms with E-state index in [4.69, 9.17) is 0 Å². The van der Waals surface area contributed by atoms with Gasteiger partial charge < -0.3 is 10.2 Å². The molecule has 0 saturated heterocycles. The second kappa shape index (κ2) is 6.94. The molecular weight excluding hydrogens is 164 g/mol. The average Bonchev–Trinajstić information content (AvgIpc) is 2.13. The largest absolute Gasteiger partial charge is 0.393 e. The summed E-state index contributed by atoms with van der Waals surface area (Å²) in [4.78, 5) is 0. The third-order valence-electron chi connectivity index (χ3n) is 2.19. The maximum Gasteiger partial charge on any atom is 0.120 e. The fourth-order valence-corrected chi connectivity index (χ4v) is 1.41. The molecule has 0 fully saturated rings. The van der Waals surface area contributed by atoms with Crippen molar-refractivity contribution in [3.8, 4) is 11.8 Å². The predicted molar refractivity (Wildman–Crippen MR) is 53.8 cm³/mol. The van der Waals surface area contributed by atoms with E-state index in [1.165, 1.54) is 0 Å². The van der Waals surface area contributed by atoms with Gasteiger partial charge in [0, 0.05) is 12.8 Å². The summed E-state index contributed by atoms with van der Waals surface area (Å²) < 4.78 is 0. The van der Waals surface area contributed by atoms with E-state index in [0.717, 1.165) is 12.8 Å². The molecule has 1 radical (unpaired) electrons. The Balaban J connectivity index is 4.27. The molecule has 0 aromatic rings. The first-order chi connectivity index (χ1) is 6.17. The Hall–Kier alpha value is -0.520. The minimum atomic E-state index is -0.743. The summed E-state index contributed by atoms with van der Waals surface area (Å²) in [7, 11) is 0. The summed E-state index contributed by atoms with van der Waals surface area (Å²) in [6.45, 7) is 7.28. The van der Waals surface area contributed by atoms with Crippen LogP contribution in [0.25, 0.3) is 0 Å². The van der Waals surface area contributed by atoms with E-state index >= 15 is 0 Å². The van der Waals surface area contributed by atoms with Crippen LogP contribution in [0.2, 0.25) is 0 Å². The van der Waals surface area contributed by atoms with Crippen LogP contribution in [0.3, 0.4) is 0 Å². The molecule has 13 heavy (non-hydrogen) atoms. The molecule has 0 aliphatic rings. The summed E-state index contributed by atoms with van der Waals surface area (Å²) in [5.74, 6) is 4.87. The van der Waals surface area contributed by atoms with Crippen LogP contribution in [0, 0.1) is 24.7 Å². The van der Waals surface area contributed by atoms with Crippen LogP contribution in [0.1, 0.15) is 33.1 Å². The Bertz CT molecular complexity index is 178. The molecule has 2 N–H and O–H groups in total. The van der Waals surface area contributed by atoms with Gasteiger partial charge in [0.1, 0.15) is 6.10 Å². The van der Waals surface area contributed by atoms with E-state index in [0.29, 0.717) is 6.42 Å². The van der Waals surface area contributed by atoms with Crippen molar-refractivity contribution >= 4 is 0 Å². The van der Waals surface area contributed by atoms with Crippen LogP contribution < -0.4 is 0 Å². The monoisotopic (exact) mass is 183 g/mol. The molecule has 0 bridgehead atoms. The van der Waals surface area contributed by atoms with Gasteiger partial charge >= 0.3 is 0 Å².